The molecule has 0 fully saturated rings. The van der Waals surface area contributed by atoms with E-state index in [2.05, 4.69) is 10.1 Å². The molecule has 0 radical (unpaired) electrons. The highest BCUT2D eigenvalue weighted by molar-refractivity contribution is 6.37. The first-order valence-electron chi connectivity index (χ1n) is 10.7. The Kier molecular flexibility index (Phi) is 7.42. The van der Waals surface area contributed by atoms with E-state index in [1.165, 1.54) is 35.2 Å². The zero-order valence-corrected chi connectivity index (χ0v) is 20.5. The van der Waals surface area contributed by atoms with Gasteiger partial charge in [-0.3, -0.25) is 14.6 Å². The summed E-state index contributed by atoms with van der Waals surface area (Å²) in [6.07, 6.45) is 1.60. The number of nitrogens with one attached hydrogen (secondary N) is 1. The van der Waals surface area contributed by atoms with Gasteiger partial charge in [0, 0.05) is 13.6 Å². The lowest BCUT2D eigenvalue weighted by atomic mass is 10.1. The second-order valence-electron chi connectivity index (χ2n) is 7.83. The fourth-order valence-electron chi connectivity index (χ4n) is 3.42. The van der Waals surface area contributed by atoms with Gasteiger partial charge >= 0.3 is 5.69 Å². The maximum absolute atomic E-state index is 13.0. The molecule has 3 aromatic carbocycles. The Labute approximate surface area is 215 Å². The number of hydrogen-bond acceptors (Lipinski definition) is 6. The summed E-state index contributed by atoms with van der Waals surface area (Å²) in [4.78, 5) is 39.9. The maximum atomic E-state index is 13.0. The summed E-state index contributed by atoms with van der Waals surface area (Å²) < 4.78 is 6.75. The predicted molar refractivity (Wildman–Crippen MR) is 136 cm³/mol. The lowest BCUT2D eigenvalue weighted by molar-refractivity contribution is 0.0793. The van der Waals surface area contributed by atoms with Gasteiger partial charge in [-0.15, -0.1) is 0 Å². The number of benzene rings is 3. The molecule has 36 heavy (non-hydrogen) atoms. The lowest BCUT2D eigenvalue weighted by Gasteiger charge is -2.19. The molecule has 0 spiro atoms. The molecule has 0 bridgehead atoms. The van der Waals surface area contributed by atoms with Crippen LogP contribution in [0.3, 0.4) is 0 Å². The number of aromatic nitrogens is 3. The molecule has 4 aromatic rings. The first kappa shape index (κ1) is 25.0. The third-order valence-corrected chi connectivity index (χ3v) is 5.85. The number of likely N-dealkylation sites (N-methyl/N-ethyl adjacent to an activating group) is 1. The van der Waals surface area contributed by atoms with Gasteiger partial charge in [0.05, 0.1) is 21.3 Å². The van der Waals surface area contributed by atoms with Gasteiger partial charge in [0.2, 0.25) is 0 Å². The smallest absolute Gasteiger partial charge is 0.349 e. The van der Waals surface area contributed by atoms with Crippen LogP contribution in [-0.2, 0) is 6.42 Å². The van der Waals surface area contributed by atoms with E-state index in [9.17, 15) is 19.5 Å². The van der Waals surface area contributed by atoms with Crippen LogP contribution >= 0.6 is 23.2 Å². The molecular formula is C25H20Cl2N4O5. The van der Waals surface area contributed by atoms with Gasteiger partial charge in [-0.05, 0) is 42.3 Å². The number of amides is 1. The molecule has 0 aliphatic heterocycles. The molecule has 1 heterocycles. The van der Waals surface area contributed by atoms with Crippen molar-refractivity contribution in [1.82, 2.24) is 19.7 Å². The number of carbonyl (C=O) groups is 1. The second-order valence-corrected chi connectivity index (χ2v) is 8.65. The van der Waals surface area contributed by atoms with Gasteiger partial charge in [-0.2, -0.15) is 9.78 Å². The van der Waals surface area contributed by atoms with Gasteiger partial charge in [-0.1, -0.05) is 53.5 Å². The number of ether oxygens (including phenoxy) is 1. The molecule has 0 aliphatic carbocycles. The minimum Gasteiger partial charge on any atom is -0.507 e. The number of hydrogen-bond donors (Lipinski definition) is 2. The van der Waals surface area contributed by atoms with Crippen molar-refractivity contribution in [2.75, 3.05) is 13.6 Å². The topological polar surface area (TPSA) is 118 Å². The Bertz CT molecular complexity index is 1510. The Morgan fingerprint density at radius 3 is 2.44 bits per heavy atom. The monoisotopic (exact) mass is 526 g/mol. The van der Waals surface area contributed by atoms with Gasteiger partial charge in [0.1, 0.15) is 17.7 Å². The summed E-state index contributed by atoms with van der Waals surface area (Å²) >= 11 is 12.7. The van der Waals surface area contributed by atoms with Crippen LogP contribution in [0.15, 0.2) is 76.4 Å². The number of phenols is 1. The molecule has 0 aliphatic rings. The number of nitrogens with zero attached hydrogens (tertiary/aromatic N) is 3. The summed E-state index contributed by atoms with van der Waals surface area (Å²) in [5.74, 6) is -0.301. The van der Waals surface area contributed by atoms with E-state index in [0.29, 0.717) is 13.0 Å². The van der Waals surface area contributed by atoms with Crippen LogP contribution in [0.1, 0.15) is 15.9 Å². The fraction of sp³-hybridized carbons (Fsp3) is 0.120. The van der Waals surface area contributed by atoms with E-state index in [4.69, 9.17) is 27.9 Å². The van der Waals surface area contributed by atoms with E-state index in [-0.39, 0.29) is 44.5 Å². The number of H-pyrrole nitrogens is 1. The molecule has 0 unspecified atom stereocenters. The Morgan fingerprint density at radius 2 is 1.78 bits per heavy atom. The minimum atomic E-state index is -0.763. The van der Waals surface area contributed by atoms with Crippen molar-refractivity contribution in [2.45, 2.75) is 6.42 Å². The highest BCUT2D eigenvalue weighted by atomic mass is 35.5. The molecule has 1 amide bonds. The van der Waals surface area contributed by atoms with Crippen LogP contribution in [-0.4, -0.2) is 44.3 Å². The molecular weight excluding hydrogens is 507 g/mol. The van der Waals surface area contributed by atoms with Crippen LogP contribution in [0.2, 0.25) is 10.0 Å². The van der Waals surface area contributed by atoms with E-state index >= 15 is 0 Å². The number of halogens is 2. The highest BCUT2D eigenvalue weighted by Crippen LogP contribution is 2.39. The van der Waals surface area contributed by atoms with Crippen molar-refractivity contribution in [3.05, 3.63) is 109 Å². The van der Waals surface area contributed by atoms with Gasteiger partial charge in [-0.25, -0.2) is 4.79 Å². The standard InChI is InChI=1S/C25H20Cl2N4O5/c1-30(10-9-15-5-3-2-4-6-15)24(34)18-13-17(7-8-21(18)32)36-23-19(26)11-16(12-20(23)27)31-25(35)29-22(33)14-28-31/h2-8,11-14,32H,9-10H2,1H3,(H,29,33,35). The second kappa shape index (κ2) is 10.7. The first-order chi connectivity index (χ1) is 17.2. The van der Waals surface area contributed by atoms with Crippen molar-refractivity contribution in [3.8, 4) is 22.9 Å². The van der Waals surface area contributed by atoms with Gasteiger partial charge in [0.15, 0.2) is 5.75 Å². The minimum absolute atomic E-state index is 0.0518. The summed E-state index contributed by atoms with van der Waals surface area (Å²) in [6, 6.07) is 16.7. The summed E-state index contributed by atoms with van der Waals surface area (Å²) in [5, 5.41) is 14.2. The quantitative estimate of drug-likeness (QED) is 0.375. The van der Waals surface area contributed by atoms with E-state index in [1.54, 1.807) is 7.05 Å². The van der Waals surface area contributed by atoms with Crippen LogP contribution in [0.25, 0.3) is 5.69 Å². The maximum Gasteiger partial charge on any atom is 0.349 e. The molecule has 4 rings (SSSR count). The molecule has 184 valence electrons. The summed E-state index contributed by atoms with van der Waals surface area (Å²) in [5.41, 5.74) is -0.0557. The van der Waals surface area contributed by atoms with Crippen LogP contribution in [0, 0.1) is 0 Å². The van der Waals surface area contributed by atoms with Crippen molar-refractivity contribution < 1.29 is 14.6 Å². The molecule has 9 nitrogen and oxygen atoms in total. The van der Waals surface area contributed by atoms with Crippen molar-refractivity contribution in [3.63, 3.8) is 0 Å². The van der Waals surface area contributed by atoms with Crippen LogP contribution in [0.5, 0.6) is 17.2 Å². The zero-order valence-electron chi connectivity index (χ0n) is 18.9. The zero-order chi connectivity index (χ0) is 25.8. The molecule has 0 atom stereocenters. The Hall–Kier alpha value is -4.08. The average molecular weight is 527 g/mol. The number of aromatic amines is 1. The normalized spacial score (nSPS) is 10.8. The van der Waals surface area contributed by atoms with E-state index < -0.39 is 11.2 Å². The lowest BCUT2D eigenvalue weighted by Crippen LogP contribution is -2.30. The van der Waals surface area contributed by atoms with Crippen molar-refractivity contribution >= 4 is 29.1 Å². The summed E-state index contributed by atoms with van der Waals surface area (Å²) in [7, 11) is 1.65. The molecule has 0 saturated carbocycles. The number of carbonyl (C=O) groups excluding carboxylic acids is 1. The number of phenolic OH excluding ortho intramolecular Hbond substituents is 1. The van der Waals surface area contributed by atoms with Crippen molar-refractivity contribution in [2.24, 2.45) is 0 Å². The third kappa shape index (κ3) is 5.59. The Morgan fingerprint density at radius 1 is 1.08 bits per heavy atom. The summed E-state index contributed by atoms with van der Waals surface area (Å²) in [6.45, 7) is 0.449. The average Bonchev–Trinajstić information content (AvgIpc) is 2.85. The van der Waals surface area contributed by atoms with E-state index in [1.807, 2.05) is 30.3 Å². The van der Waals surface area contributed by atoms with E-state index in [0.717, 1.165) is 16.4 Å². The molecule has 1 aromatic heterocycles. The highest BCUT2D eigenvalue weighted by Gasteiger charge is 2.19. The molecule has 2 N–H and O–H groups in total. The predicted octanol–water partition coefficient (Wildman–Crippen LogP) is 4.04. The van der Waals surface area contributed by atoms with Gasteiger partial charge in [0.25, 0.3) is 11.5 Å². The van der Waals surface area contributed by atoms with Gasteiger partial charge < -0.3 is 14.7 Å². The number of aromatic hydroxyl groups is 1. The molecule has 0 saturated heterocycles. The van der Waals surface area contributed by atoms with Crippen molar-refractivity contribution in [1.29, 1.82) is 0 Å². The fourth-order valence-corrected chi connectivity index (χ4v) is 3.97. The Balaban J connectivity index is 1.55. The van der Waals surface area contributed by atoms with Crippen LogP contribution in [0.4, 0.5) is 0 Å². The van der Waals surface area contributed by atoms with Crippen LogP contribution < -0.4 is 16.0 Å². The molecule has 11 heteroatoms. The largest absolute Gasteiger partial charge is 0.507 e. The SMILES string of the molecule is CN(CCc1ccccc1)C(=O)c1cc(Oc2c(Cl)cc(-n3ncc(=O)[nH]c3=O)cc2Cl)ccc1O. The first-order valence-corrected chi connectivity index (χ1v) is 11.5. The number of rotatable bonds is 7. The third-order valence-electron chi connectivity index (χ3n) is 5.28.